The molecule has 6 nitrogen and oxygen atoms in total. The molecule has 0 unspecified atom stereocenters. The van der Waals surface area contributed by atoms with Gasteiger partial charge in [-0.1, -0.05) is 42.9 Å². The van der Waals surface area contributed by atoms with Crippen LogP contribution in [-0.4, -0.2) is 30.3 Å². The van der Waals surface area contributed by atoms with Crippen LogP contribution in [-0.2, 0) is 14.6 Å². The molecule has 1 N–H and O–H groups in total. The summed E-state index contributed by atoms with van der Waals surface area (Å²) in [5, 5.41) is 12.0. The fraction of sp³-hybridized carbons (Fsp3) is 0.471. The summed E-state index contributed by atoms with van der Waals surface area (Å²) >= 11 is 1.35. The highest BCUT2D eigenvalue weighted by Crippen LogP contribution is 2.28. The third-order valence-electron chi connectivity index (χ3n) is 4.00. The minimum absolute atomic E-state index is 0.115. The second-order valence-electron chi connectivity index (χ2n) is 5.89. The predicted molar refractivity (Wildman–Crippen MR) is 99.7 cm³/mol. The van der Waals surface area contributed by atoms with Gasteiger partial charge in [0.05, 0.1) is 10.6 Å². The molecule has 0 aliphatic rings. The average Bonchev–Trinajstić information content (AvgIpc) is 3.03. The number of nitrogens with zero attached hydrogens (tertiary/aromatic N) is 2. The van der Waals surface area contributed by atoms with Crippen LogP contribution < -0.4 is 5.32 Å². The molecule has 0 saturated heterocycles. The van der Waals surface area contributed by atoms with E-state index in [-0.39, 0.29) is 23.0 Å². The third kappa shape index (κ3) is 5.34. The number of carbonyl (C=O) groups excluding carboxylic acids is 1. The first-order chi connectivity index (χ1) is 11.9. The number of aromatic nitrogens is 2. The first kappa shape index (κ1) is 19.5. The van der Waals surface area contributed by atoms with Crippen LogP contribution in [0.1, 0.15) is 49.6 Å². The van der Waals surface area contributed by atoms with Crippen molar-refractivity contribution < 1.29 is 13.2 Å². The molecule has 1 heterocycles. The number of hydrogen-bond donors (Lipinski definition) is 1. The molecule has 1 amide bonds. The van der Waals surface area contributed by atoms with Gasteiger partial charge in [0.15, 0.2) is 9.84 Å². The molecule has 25 heavy (non-hydrogen) atoms. The number of benzene rings is 1. The van der Waals surface area contributed by atoms with Gasteiger partial charge in [-0.25, -0.2) is 8.42 Å². The summed E-state index contributed by atoms with van der Waals surface area (Å²) in [4.78, 5) is 12.3. The number of hydrogen-bond acceptors (Lipinski definition) is 6. The van der Waals surface area contributed by atoms with Crippen molar-refractivity contribution in [3.05, 3.63) is 34.8 Å². The maximum atomic E-state index is 12.3. The second kappa shape index (κ2) is 8.53. The van der Waals surface area contributed by atoms with Gasteiger partial charge in [-0.2, -0.15) is 0 Å². The Bertz CT molecular complexity index is 810. The first-order valence-electron chi connectivity index (χ1n) is 8.28. The highest BCUT2D eigenvalue weighted by molar-refractivity contribution is 7.91. The van der Waals surface area contributed by atoms with E-state index < -0.39 is 9.84 Å². The zero-order valence-corrected chi connectivity index (χ0v) is 16.3. The molecule has 0 atom stereocenters. The molecule has 1 aromatic heterocycles. The fourth-order valence-electron chi connectivity index (χ4n) is 2.36. The summed E-state index contributed by atoms with van der Waals surface area (Å²) in [6.07, 6.45) is 1.82. The van der Waals surface area contributed by atoms with Gasteiger partial charge in [-0.05, 0) is 31.9 Å². The van der Waals surface area contributed by atoms with E-state index in [1.807, 2.05) is 6.92 Å². The summed E-state index contributed by atoms with van der Waals surface area (Å²) in [6.45, 7) is 6.06. The zero-order chi connectivity index (χ0) is 18.4. The summed E-state index contributed by atoms with van der Waals surface area (Å²) in [5.41, 5.74) is 0.987. The molecular weight excluding hydrogens is 358 g/mol. The Hall–Kier alpha value is -1.80. The lowest BCUT2D eigenvalue weighted by molar-refractivity contribution is -0.115. The van der Waals surface area contributed by atoms with Crippen molar-refractivity contribution in [3.8, 4) is 0 Å². The smallest absolute Gasteiger partial charge is 0.227 e. The SMILES string of the molecule is CCC(CC)c1nnc(NC(=O)CCS(=O)(=O)c2ccc(C)cc2)s1. The molecule has 0 fully saturated rings. The number of carbonyl (C=O) groups is 1. The van der Waals surface area contributed by atoms with E-state index in [9.17, 15) is 13.2 Å². The lowest BCUT2D eigenvalue weighted by Gasteiger charge is -2.06. The number of nitrogens with one attached hydrogen (secondary N) is 1. The number of sulfone groups is 1. The molecular formula is C17H23N3O3S2. The van der Waals surface area contributed by atoms with Gasteiger partial charge in [-0.15, -0.1) is 10.2 Å². The number of aryl methyl sites for hydroxylation is 1. The molecule has 0 spiro atoms. The lowest BCUT2D eigenvalue weighted by Crippen LogP contribution is -2.17. The third-order valence-corrected chi connectivity index (χ3v) is 6.73. The Kier molecular flexibility index (Phi) is 6.66. The number of anilines is 1. The van der Waals surface area contributed by atoms with E-state index >= 15 is 0 Å². The van der Waals surface area contributed by atoms with Crippen molar-refractivity contribution in [2.24, 2.45) is 0 Å². The largest absolute Gasteiger partial charge is 0.301 e. The molecule has 0 aliphatic carbocycles. The molecule has 136 valence electrons. The van der Waals surface area contributed by atoms with Crippen LogP contribution in [0.4, 0.5) is 5.13 Å². The Morgan fingerprint density at radius 3 is 2.40 bits per heavy atom. The number of amides is 1. The van der Waals surface area contributed by atoms with Crippen LogP contribution in [0.2, 0.25) is 0 Å². The van der Waals surface area contributed by atoms with Crippen molar-refractivity contribution in [2.75, 3.05) is 11.1 Å². The van der Waals surface area contributed by atoms with Crippen LogP contribution in [0.15, 0.2) is 29.2 Å². The van der Waals surface area contributed by atoms with E-state index in [0.717, 1.165) is 23.4 Å². The Morgan fingerprint density at radius 1 is 1.16 bits per heavy atom. The standard InChI is InChI=1S/C17H23N3O3S2/c1-4-13(5-2)16-19-20-17(24-16)18-15(21)10-11-25(22,23)14-8-6-12(3)7-9-14/h6-9,13H,4-5,10-11H2,1-3H3,(H,18,20,21). The van der Waals surface area contributed by atoms with Crippen LogP contribution in [0, 0.1) is 6.92 Å². The van der Waals surface area contributed by atoms with Crippen LogP contribution >= 0.6 is 11.3 Å². The minimum atomic E-state index is -3.47. The van der Waals surface area contributed by atoms with Gasteiger partial charge < -0.3 is 5.32 Å². The summed E-state index contributed by atoms with van der Waals surface area (Å²) in [5.74, 6) is -0.270. The van der Waals surface area contributed by atoms with Gasteiger partial charge >= 0.3 is 0 Å². The van der Waals surface area contributed by atoms with Crippen molar-refractivity contribution in [3.63, 3.8) is 0 Å². The second-order valence-corrected chi connectivity index (χ2v) is 9.01. The normalized spacial score (nSPS) is 11.7. The molecule has 0 aliphatic heterocycles. The lowest BCUT2D eigenvalue weighted by atomic mass is 10.1. The number of rotatable bonds is 8. The molecule has 8 heteroatoms. The topological polar surface area (TPSA) is 89.0 Å². The van der Waals surface area contributed by atoms with E-state index in [1.165, 1.54) is 11.3 Å². The van der Waals surface area contributed by atoms with Crippen LogP contribution in [0.25, 0.3) is 0 Å². The maximum Gasteiger partial charge on any atom is 0.227 e. The van der Waals surface area contributed by atoms with Crippen molar-refractivity contribution >= 4 is 32.2 Å². The molecule has 2 aromatic rings. The van der Waals surface area contributed by atoms with E-state index in [1.54, 1.807) is 24.3 Å². The van der Waals surface area contributed by atoms with E-state index in [4.69, 9.17) is 0 Å². The summed E-state index contributed by atoms with van der Waals surface area (Å²) in [7, 11) is -3.47. The van der Waals surface area contributed by atoms with Gasteiger partial charge in [0, 0.05) is 12.3 Å². The monoisotopic (exact) mass is 381 g/mol. The average molecular weight is 382 g/mol. The summed E-state index contributed by atoms with van der Waals surface area (Å²) in [6, 6.07) is 6.62. The van der Waals surface area contributed by atoms with Crippen LogP contribution in [0.3, 0.4) is 0 Å². The van der Waals surface area contributed by atoms with E-state index in [2.05, 4.69) is 29.4 Å². The van der Waals surface area contributed by atoms with Gasteiger partial charge in [0.1, 0.15) is 5.01 Å². The molecule has 0 saturated carbocycles. The van der Waals surface area contributed by atoms with Gasteiger partial charge in [0.25, 0.3) is 0 Å². The fourth-order valence-corrected chi connectivity index (χ4v) is 4.63. The Labute approximate surface area is 152 Å². The molecule has 1 aromatic carbocycles. The Balaban J connectivity index is 1.93. The Morgan fingerprint density at radius 2 is 1.80 bits per heavy atom. The zero-order valence-electron chi connectivity index (χ0n) is 14.7. The first-order valence-corrected chi connectivity index (χ1v) is 10.7. The highest BCUT2D eigenvalue weighted by Gasteiger charge is 2.18. The quantitative estimate of drug-likeness (QED) is 0.755. The summed E-state index contributed by atoms with van der Waals surface area (Å²) < 4.78 is 24.5. The van der Waals surface area contributed by atoms with E-state index in [0.29, 0.717) is 11.0 Å². The minimum Gasteiger partial charge on any atom is -0.301 e. The van der Waals surface area contributed by atoms with Crippen molar-refractivity contribution in [2.45, 2.75) is 50.8 Å². The van der Waals surface area contributed by atoms with Crippen molar-refractivity contribution in [1.29, 1.82) is 0 Å². The van der Waals surface area contributed by atoms with Crippen molar-refractivity contribution in [1.82, 2.24) is 10.2 Å². The molecule has 0 radical (unpaired) electrons. The highest BCUT2D eigenvalue weighted by atomic mass is 32.2. The van der Waals surface area contributed by atoms with Crippen LogP contribution in [0.5, 0.6) is 0 Å². The maximum absolute atomic E-state index is 12.3. The van der Waals surface area contributed by atoms with Gasteiger partial charge in [0.2, 0.25) is 11.0 Å². The predicted octanol–water partition coefficient (Wildman–Crippen LogP) is 3.55. The molecule has 0 bridgehead atoms. The molecule has 2 rings (SSSR count). The van der Waals surface area contributed by atoms with Gasteiger partial charge in [-0.3, -0.25) is 4.79 Å².